The highest BCUT2D eigenvalue weighted by molar-refractivity contribution is 5.97. The average Bonchev–Trinajstić information content (AvgIpc) is 2.51. The van der Waals surface area contributed by atoms with Crippen molar-refractivity contribution in [3.05, 3.63) is 35.4 Å². The predicted octanol–water partition coefficient (Wildman–Crippen LogP) is 2.89. The Morgan fingerprint density at radius 2 is 1.71 bits per heavy atom. The molecule has 118 valence electrons. The molecule has 0 aliphatic heterocycles. The summed E-state index contributed by atoms with van der Waals surface area (Å²) in [6.45, 7) is 4.64. The molecule has 0 unspecified atom stereocenters. The highest BCUT2D eigenvalue weighted by Crippen LogP contribution is 2.07. The number of hydrogen-bond donors (Lipinski definition) is 0. The van der Waals surface area contributed by atoms with Gasteiger partial charge in [0.1, 0.15) is 6.61 Å². The Labute approximate surface area is 127 Å². The molecule has 0 saturated heterocycles. The summed E-state index contributed by atoms with van der Waals surface area (Å²) < 4.78 is 15.6. The smallest absolute Gasteiger partial charge is 0.188 e. The maximum absolute atomic E-state index is 11.9. The van der Waals surface area contributed by atoms with Crippen LogP contribution in [-0.4, -0.2) is 45.9 Å². The predicted molar refractivity (Wildman–Crippen MR) is 82.9 cm³/mol. The van der Waals surface area contributed by atoms with Crippen molar-refractivity contribution in [2.24, 2.45) is 0 Å². The Morgan fingerprint density at radius 1 is 1.00 bits per heavy atom. The highest BCUT2D eigenvalue weighted by atomic mass is 16.5. The van der Waals surface area contributed by atoms with E-state index in [0.29, 0.717) is 32.0 Å². The van der Waals surface area contributed by atoms with E-state index in [-0.39, 0.29) is 12.4 Å². The summed E-state index contributed by atoms with van der Waals surface area (Å²) in [5, 5.41) is 0. The first-order valence-corrected chi connectivity index (χ1v) is 7.54. The molecule has 0 aromatic heterocycles. The number of methoxy groups -OCH3 is 1. The van der Waals surface area contributed by atoms with Crippen molar-refractivity contribution < 1.29 is 19.0 Å². The molecule has 4 nitrogen and oxygen atoms in total. The Balaban J connectivity index is 2.13. The third kappa shape index (κ3) is 7.95. The van der Waals surface area contributed by atoms with Gasteiger partial charge in [0.2, 0.25) is 0 Å². The first-order valence-electron chi connectivity index (χ1n) is 7.54. The average molecular weight is 294 g/mol. The van der Waals surface area contributed by atoms with Gasteiger partial charge in [-0.2, -0.15) is 0 Å². The van der Waals surface area contributed by atoms with Gasteiger partial charge in [-0.1, -0.05) is 37.6 Å². The summed E-state index contributed by atoms with van der Waals surface area (Å²) in [5.74, 6) is 0.0262. The third-order valence-corrected chi connectivity index (χ3v) is 3.06. The number of aryl methyl sites for hydroxylation is 1. The standard InChI is InChI=1S/C17H26O4/c1-3-5-15-6-8-16(9-7-15)17(18)14-21-11-4-10-20-13-12-19-2/h6-9H,3-5,10-14H2,1-2H3. The monoisotopic (exact) mass is 294 g/mol. The van der Waals surface area contributed by atoms with E-state index in [4.69, 9.17) is 14.2 Å². The fourth-order valence-electron chi connectivity index (χ4n) is 1.90. The van der Waals surface area contributed by atoms with E-state index in [9.17, 15) is 4.79 Å². The normalized spacial score (nSPS) is 10.8. The molecular weight excluding hydrogens is 268 g/mol. The second kappa shape index (κ2) is 11.4. The summed E-state index contributed by atoms with van der Waals surface area (Å²) >= 11 is 0. The van der Waals surface area contributed by atoms with Crippen molar-refractivity contribution in [1.29, 1.82) is 0 Å². The number of ether oxygens (including phenoxy) is 3. The van der Waals surface area contributed by atoms with E-state index in [1.807, 2.05) is 24.3 Å². The van der Waals surface area contributed by atoms with Crippen molar-refractivity contribution in [2.75, 3.05) is 40.1 Å². The van der Waals surface area contributed by atoms with Crippen molar-refractivity contribution in [3.8, 4) is 0 Å². The first-order chi connectivity index (χ1) is 10.3. The lowest BCUT2D eigenvalue weighted by molar-refractivity contribution is 0.0488. The molecule has 0 bridgehead atoms. The van der Waals surface area contributed by atoms with Gasteiger partial charge in [-0.3, -0.25) is 4.79 Å². The summed E-state index contributed by atoms with van der Waals surface area (Å²) in [7, 11) is 1.65. The van der Waals surface area contributed by atoms with Crippen LogP contribution in [0.15, 0.2) is 24.3 Å². The van der Waals surface area contributed by atoms with Crippen molar-refractivity contribution in [3.63, 3.8) is 0 Å². The maximum atomic E-state index is 11.9. The number of ketones is 1. The zero-order chi connectivity index (χ0) is 15.3. The lowest BCUT2D eigenvalue weighted by atomic mass is 10.1. The van der Waals surface area contributed by atoms with Gasteiger partial charge in [-0.25, -0.2) is 0 Å². The molecule has 1 rings (SSSR count). The molecular formula is C17H26O4. The largest absolute Gasteiger partial charge is 0.382 e. The van der Waals surface area contributed by atoms with Gasteiger partial charge in [-0.15, -0.1) is 0 Å². The van der Waals surface area contributed by atoms with Crippen LogP contribution in [0.2, 0.25) is 0 Å². The van der Waals surface area contributed by atoms with Gasteiger partial charge in [-0.05, 0) is 18.4 Å². The Hall–Kier alpha value is -1.23. The zero-order valence-electron chi connectivity index (χ0n) is 13.1. The van der Waals surface area contributed by atoms with Crippen molar-refractivity contribution >= 4 is 5.78 Å². The van der Waals surface area contributed by atoms with Crippen LogP contribution < -0.4 is 0 Å². The van der Waals surface area contributed by atoms with Crippen LogP contribution in [0, 0.1) is 0 Å². The molecule has 0 aliphatic carbocycles. The molecule has 21 heavy (non-hydrogen) atoms. The number of carbonyl (C=O) groups is 1. The highest BCUT2D eigenvalue weighted by Gasteiger charge is 2.05. The molecule has 0 saturated carbocycles. The third-order valence-electron chi connectivity index (χ3n) is 3.06. The molecule has 0 fully saturated rings. The number of rotatable bonds is 12. The Morgan fingerprint density at radius 3 is 2.38 bits per heavy atom. The van der Waals surface area contributed by atoms with Gasteiger partial charge >= 0.3 is 0 Å². The second-order valence-electron chi connectivity index (χ2n) is 4.88. The van der Waals surface area contributed by atoms with Crippen molar-refractivity contribution in [2.45, 2.75) is 26.2 Å². The van der Waals surface area contributed by atoms with Crippen LogP contribution in [-0.2, 0) is 20.6 Å². The molecule has 0 spiro atoms. The second-order valence-corrected chi connectivity index (χ2v) is 4.88. The summed E-state index contributed by atoms with van der Waals surface area (Å²) in [5.41, 5.74) is 1.98. The van der Waals surface area contributed by atoms with E-state index < -0.39 is 0 Å². The van der Waals surface area contributed by atoms with E-state index >= 15 is 0 Å². The van der Waals surface area contributed by atoms with Gasteiger partial charge in [0, 0.05) is 25.9 Å². The molecule has 4 heteroatoms. The minimum atomic E-state index is 0.0262. The van der Waals surface area contributed by atoms with Gasteiger partial charge in [0.05, 0.1) is 13.2 Å². The molecule has 0 amide bonds. The molecule has 1 aromatic rings. The minimum absolute atomic E-state index is 0.0262. The number of Topliss-reactive ketones (excluding diaryl/α,β-unsaturated/α-hetero) is 1. The fraction of sp³-hybridized carbons (Fsp3) is 0.588. The van der Waals surface area contributed by atoms with Crippen LogP contribution >= 0.6 is 0 Å². The number of hydrogen-bond acceptors (Lipinski definition) is 4. The summed E-state index contributed by atoms with van der Waals surface area (Å²) in [6.07, 6.45) is 2.95. The molecule has 0 radical (unpaired) electrons. The van der Waals surface area contributed by atoms with Gasteiger partial charge in [0.25, 0.3) is 0 Å². The molecule has 0 atom stereocenters. The van der Waals surface area contributed by atoms with E-state index in [1.54, 1.807) is 7.11 Å². The topological polar surface area (TPSA) is 44.8 Å². The maximum Gasteiger partial charge on any atom is 0.188 e. The van der Waals surface area contributed by atoms with Crippen LogP contribution in [0.5, 0.6) is 0 Å². The summed E-state index contributed by atoms with van der Waals surface area (Å²) in [4.78, 5) is 11.9. The van der Waals surface area contributed by atoms with E-state index in [1.165, 1.54) is 5.56 Å². The summed E-state index contributed by atoms with van der Waals surface area (Å²) in [6, 6.07) is 7.79. The fourth-order valence-corrected chi connectivity index (χ4v) is 1.90. The Kier molecular flexibility index (Phi) is 9.70. The van der Waals surface area contributed by atoms with Crippen LogP contribution in [0.25, 0.3) is 0 Å². The molecule has 0 aliphatic rings. The van der Waals surface area contributed by atoms with Crippen LogP contribution in [0.3, 0.4) is 0 Å². The van der Waals surface area contributed by atoms with E-state index in [2.05, 4.69) is 6.92 Å². The molecule has 1 aromatic carbocycles. The van der Waals surface area contributed by atoms with Gasteiger partial charge < -0.3 is 14.2 Å². The minimum Gasteiger partial charge on any atom is -0.382 e. The van der Waals surface area contributed by atoms with Crippen LogP contribution in [0.1, 0.15) is 35.7 Å². The van der Waals surface area contributed by atoms with Crippen molar-refractivity contribution in [1.82, 2.24) is 0 Å². The van der Waals surface area contributed by atoms with Gasteiger partial charge in [0.15, 0.2) is 5.78 Å². The van der Waals surface area contributed by atoms with E-state index in [0.717, 1.165) is 19.3 Å². The SMILES string of the molecule is CCCc1ccc(C(=O)COCCCOCCOC)cc1. The lowest BCUT2D eigenvalue weighted by Gasteiger charge is -2.06. The number of carbonyl (C=O) groups excluding carboxylic acids is 1. The Bertz CT molecular complexity index is 386. The molecule has 0 heterocycles. The quantitative estimate of drug-likeness (QED) is 0.439. The lowest BCUT2D eigenvalue weighted by Crippen LogP contribution is -2.11. The first kappa shape index (κ1) is 17.8. The van der Waals surface area contributed by atoms with Crippen LogP contribution in [0.4, 0.5) is 0 Å². The molecule has 0 N–H and O–H groups in total. The number of benzene rings is 1. The zero-order valence-corrected chi connectivity index (χ0v) is 13.1.